The normalized spacial score (nSPS) is 16.5. The zero-order chi connectivity index (χ0) is 23.3. The number of carbonyl (C=O) groups excluding carboxylic acids is 2. The molecule has 0 amide bonds. The van der Waals surface area contributed by atoms with Gasteiger partial charge >= 0.3 is 6.16 Å². The quantitative estimate of drug-likeness (QED) is 0.520. The van der Waals surface area contributed by atoms with Crippen LogP contribution in [0.15, 0.2) is 11.0 Å². The molecule has 31 heavy (non-hydrogen) atoms. The van der Waals surface area contributed by atoms with Gasteiger partial charge in [0, 0.05) is 12.6 Å². The second kappa shape index (κ2) is 7.78. The van der Waals surface area contributed by atoms with E-state index in [4.69, 9.17) is 9.47 Å². The highest BCUT2D eigenvalue weighted by Gasteiger charge is 2.40. The van der Waals surface area contributed by atoms with Crippen LogP contribution < -0.4 is 4.74 Å². The molecule has 8 nitrogen and oxygen atoms in total. The van der Waals surface area contributed by atoms with Gasteiger partial charge in [-0.1, -0.05) is 13.8 Å². The summed E-state index contributed by atoms with van der Waals surface area (Å²) in [6.45, 7) is 10.9. The Morgan fingerprint density at radius 1 is 1.23 bits per heavy atom. The van der Waals surface area contributed by atoms with E-state index in [0.29, 0.717) is 39.3 Å². The molecule has 1 aliphatic rings. The number of sulfone groups is 1. The van der Waals surface area contributed by atoms with Crippen molar-refractivity contribution in [3.8, 4) is 5.88 Å². The number of nitrogens with zero attached hydrogens (tertiary/aromatic N) is 2. The van der Waals surface area contributed by atoms with E-state index in [0.717, 1.165) is 0 Å². The summed E-state index contributed by atoms with van der Waals surface area (Å²) in [5.74, 6) is -0.311. The lowest BCUT2D eigenvalue weighted by atomic mass is 9.76. The average Bonchev–Trinajstić information content (AvgIpc) is 2.93. The van der Waals surface area contributed by atoms with Crippen molar-refractivity contribution in [1.82, 2.24) is 9.78 Å². The van der Waals surface area contributed by atoms with Gasteiger partial charge < -0.3 is 9.47 Å². The Morgan fingerprint density at radius 2 is 1.87 bits per heavy atom. The number of ether oxygens (including phenoxy) is 2. The summed E-state index contributed by atoms with van der Waals surface area (Å²) >= 11 is 0. The second-order valence-electron chi connectivity index (χ2n) is 8.53. The molecule has 0 bridgehead atoms. The Labute approximate surface area is 182 Å². The molecule has 2 heterocycles. The number of hydrogen-bond donors (Lipinski definition) is 0. The first-order chi connectivity index (χ1) is 14.3. The largest absolute Gasteiger partial charge is 0.515 e. The van der Waals surface area contributed by atoms with Crippen molar-refractivity contribution in [1.29, 1.82) is 0 Å². The number of carbonyl (C=O) groups is 2. The highest BCUT2D eigenvalue weighted by Crippen LogP contribution is 2.43. The molecule has 0 radical (unpaired) electrons. The maximum Gasteiger partial charge on any atom is 0.515 e. The molecule has 1 aromatic carbocycles. The van der Waals surface area contributed by atoms with Crippen molar-refractivity contribution >= 4 is 21.8 Å². The fourth-order valence-electron chi connectivity index (χ4n) is 4.34. The Kier molecular flexibility index (Phi) is 5.77. The Morgan fingerprint density at radius 3 is 2.48 bits per heavy atom. The highest BCUT2D eigenvalue weighted by molar-refractivity contribution is 7.91. The zero-order valence-corrected chi connectivity index (χ0v) is 19.8. The molecular formula is C22H28N2O6S. The molecule has 2 aromatic rings. The van der Waals surface area contributed by atoms with E-state index in [1.54, 1.807) is 40.8 Å². The van der Waals surface area contributed by atoms with Crippen molar-refractivity contribution in [2.75, 3.05) is 12.4 Å². The highest BCUT2D eigenvalue weighted by atomic mass is 32.2. The van der Waals surface area contributed by atoms with Crippen LogP contribution in [0.25, 0.3) is 0 Å². The van der Waals surface area contributed by atoms with Gasteiger partial charge in [-0.05, 0) is 62.3 Å². The molecule has 0 fully saturated rings. The first-order valence-corrected chi connectivity index (χ1v) is 11.8. The Bertz CT molecular complexity index is 1190. The van der Waals surface area contributed by atoms with Crippen molar-refractivity contribution in [2.45, 2.75) is 58.3 Å². The molecule has 0 aliphatic carbocycles. The first-order valence-electron chi connectivity index (χ1n) is 10.1. The van der Waals surface area contributed by atoms with Crippen LogP contribution in [0.5, 0.6) is 5.88 Å². The van der Waals surface area contributed by atoms with Gasteiger partial charge in [0.25, 0.3) is 0 Å². The summed E-state index contributed by atoms with van der Waals surface area (Å²) in [7, 11) is -1.85. The number of aryl methyl sites for hydroxylation is 3. The third kappa shape index (κ3) is 3.86. The van der Waals surface area contributed by atoms with Gasteiger partial charge in [0.1, 0.15) is 5.56 Å². The van der Waals surface area contributed by atoms with Gasteiger partial charge in [0.05, 0.1) is 22.9 Å². The average molecular weight is 449 g/mol. The van der Waals surface area contributed by atoms with Crippen molar-refractivity contribution < 1.29 is 27.5 Å². The number of hydrogen-bond acceptors (Lipinski definition) is 7. The van der Waals surface area contributed by atoms with Crippen LogP contribution >= 0.6 is 0 Å². The summed E-state index contributed by atoms with van der Waals surface area (Å²) < 4.78 is 37.0. The molecule has 0 spiro atoms. The summed E-state index contributed by atoms with van der Waals surface area (Å²) in [4.78, 5) is 25.9. The molecule has 0 saturated heterocycles. The van der Waals surface area contributed by atoms with Crippen molar-refractivity contribution in [3.05, 3.63) is 39.6 Å². The number of fused-ring (bicyclic) bond motifs is 1. The molecule has 0 atom stereocenters. The maximum absolute atomic E-state index is 13.6. The second-order valence-corrected chi connectivity index (χ2v) is 10.6. The molecule has 0 unspecified atom stereocenters. The maximum atomic E-state index is 13.6. The molecule has 0 saturated carbocycles. The Balaban J connectivity index is 2.22. The molecule has 1 aromatic heterocycles. The van der Waals surface area contributed by atoms with Crippen molar-refractivity contribution in [3.63, 3.8) is 0 Å². The summed E-state index contributed by atoms with van der Waals surface area (Å²) in [6, 6.07) is 1.61. The van der Waals surface area contributed by atoms with Gasteiger partial charge in [0.2, 0.25) is 11.7 Å². The lowest BCUT2D eigenvalue weighted by molar-refractivity contribution is 0.0981. The fourth-order valence-corrected chi connectivity index (χ4v) is 6.61. The monoisotopic (exact) mass is 448 g/mol. The number of ketones is 1. The molecule has 9 heteroatoms. The van der Waals surface area contributed by atoms with E-state index in [1.165, 1.54) is 4.68 Å². The summed E-state index contributed by atoms with van der Waals surface area (Å²) in [5.41, 5.74) is 2.33. The van der Waals surface area contributed by atoms with E-state index in [2.05, 4.69) is 5.10 Å². The number of rotatable bonds is 4. The SMILES string of the molecule is CCOC(=O)Oc1c(C(=O)c2cc(C)c3c(c2C)C(C)(C)CCS3(=O)=O)c(C)nn1C. The number of benzene rings is 1. The molecule has 0 N–H and O–H groups in total. The van der Waals surface area contributed by atoms with E-state index in [9.17, 15) is 18.0 Å². The van der Waals surface area contributed by atoms with Crippen LogP contribution in [0.3, 0.4) is 0 Å². The Hall–Kier alpha value is -2.68. The minimum absolute atomic E-state index is 0.0115. The van der Waals surface area contributed by atoms with Crippen LogP contribution in [0.4, 0.5) is 4.79 Å². The molecule has 1 aliphatic heterocycles. The van der Waals surface area contributed by atoms with Gasteiger partial charge in [-0.15, -0.1) is 0 Å². The molecule has 168 valence electrons. The predicted octanol–water partition coefficient (Wildman–Crippen LogP) is 3.57. The topological polar surface area (TPSA) is 105 Å². The zero-order valence-electron chi connectivity index (χ0n) is 19.0. The third-order valence-corrected chi connectivity index (χ3v) is 7.68. The van der Waals surface area contributed by atoms with Crippen LogP contribution in [0.1, 0.15) is 65.5 Å². The van der Waals surface area contributed by atoms with E-state index >= 15 is 0 Å². The van der Waals surface area contributed by atoms with Crippen LogP contribution in [0, 0.1) is 20.8 Å². The smallest absolute Gasteiger partial charge is 0.434 e. The van der Waals surface area contributed by atoms with Gasteiger partial charge in [-0.25, -0.2) is 17.9 Å². The fraction of sp³-hybridized carbons (Fsp3) is 0.500. The van der Waals surface area contributed by atoms with E-state index in [-0.39, 0.29) is 29.6 Å². The minimum atomic E-state index is -3.42. The lowest BCUT2D eigenvalue weighted by Gasteiger charge is -2.35. The summed E-state index contributed by atoms with van der Waals surface area (Å²) in [6.07, 6.45) is -0.450. The van der Waals surface area contributed by atoms with E-state index < -0.39 is 21.4 Å². The van der Waals surface area contributed by atoms with Crippen LogP contribution in [-0.4, -0.2) is 42.5 Å². The van der Waals surface area contributed by atoms with Crippen molar-refractivity contribution in [2.24, 2.45) is 7.05 Å². The van der Waals surface area contributed by atoms with Crippen LogP contribution in [-0.2, 0) is 27.0 Å². The van der Waals surface area contributed by atoms with Crippen LogP contribution in [0.2, 0.25) is 0 Å². The first kappa shape index (κ1) is 23.0. The van der Waals surface area contributed by atoms with Gasteiger partial charge in [-0.3, -0.25) is 4.79 Å². The number of aromatic nitrogens is 2. The van der Waals surface area contributed by atoms with Gasteiger partial charge in [-0.2, -0.15) is 5.10 Å². The predicted molar refractivity (Wildman–Crippen MR) is 115 cm³/mol. The standard InChI is InChI=1S/C22H28N2O6S/c1-8-29-21(26)30-20-16(14(4)23-24(20)7)18(25)15-11-12(2)19-17(13(15)3)22(5,6)9-10-31(19,27)28/h11H,8-10H2,1-7H3. The lowest BCUT2D eigenvalue weighted by Crippen LogP contribution is -2.33. The summed E-state index contributed by atoms with van der Waals surface area (Å²) in [5, 5.41) is 4.23. The molecule has 3 rings (SSSR count). The third-order valence-electron chi connectivity index (χ3n) is 5.79. The van der Waals surface area contributed by atoms with E-state index in [1.807, 2.05) is 13.8 Å². The van der Waals surface area contributed by atoms with Gasteiger partial charge in [0.15, 0.2) is 9.84 Å². The molecular weight excluding hydrogens is 420 g/mol. The minimum Gasteiger partial charge on any atom is -0.434 e.